The van der Waals surface area contributed by atoms with E-state index in [0.29, 0.717) is 22.5 Å². The summed E-state index contributed by atoms with van der Waals surface area (Å²) in [5, 5.41) is 10.1. The normalized spacial score (nSPS) is 12.7. The Labute approximate surface area is 134 Å². The van der Waals surface area contributed by atoms with Crippen molar-refractivity contribution in [2.75, 3.05) is 17.8 Å². The number of hydrogen-bond donors (Lipinski definition) is 1. The van der Waals surface area contributed by atoms with E-state index in [1.54, 1.807) is 18.4 Å². The number of carboxylic acid groups (broad SMARTS) is 1. The molecule has 0 spiro atoms. The zero-order valence-electron chi connectivity index (χ0n) is 11.4. The summed E-state index contributed by atoms with van der Waals surface area (Å²) < 4.78 is 13.1. The second-order valence-electron chi connectivity index (χ2n) is 4.49. The lowest BCUT2D eigenvalue weighted by molar-refractivity contribution is -0.133. The summed E-state index contributed by atoms with van der Waals surface area (Å²) in [6.45, 7) is 0.652. The second-order valence-corrected chi connectivity index (χ2v) is 7.43. The highest BCUT2D eigenvalue weighted by molar-refractivity contribution is 7.99. The summed E-state index contributed by atoms with van der Waals surface area (Å²) in [5.41, 5.74) is 1.65. The highest BCUT2D eigenvalue weighted by atomic mass is 35.5. The van der Waals surface area contributed by atoms with Gasteiger partial charge in [-0.1, -0.05) is 23.4 Å². The van der Waals surface area contributed by atoms with Crippen LogP contribution in [-0.2, 0) is 22.1 Å². The van der Waals surface area contributed by atoms with Crippen molar-refractivity contribution in [3.63, 3.8) is 0 Å². The van der Waals surface area contributed by atoms with Gasteiger partial charge in [-0.05, 0) is 24.6 Å². The minimum absolute atomic E-state index is 0.0449. The van der Waals surface area contributed by atoms with Crippen molar-refractivity contribution in [2.45, 2.75) is 18.1 Å². The highest BCUT2D eigenvalue weighted by Crippen LogP contribution is 2.26. The molecule has 1 heterocycles. The Hall–Kier alpha value is -1.05. The molecule has 8 heteroatoms. The Balaban J connectivity index is 2.29. The van der Waals surface area contributed by atoms with Gasteiger partial charge >= 0.3 is 5.97 Å². The van der Waals surface area contributed by atoms with Gasteiger partial charge in [0, 0.05) is 34.4 Å². The molecule has 0 bridgehead atoms. The fourth-order valence-electron chi connectivity index (χ4n) is 1.96. The predicted molar refractivity (Wildman–Crippen MR) is 86.7 cm³/mol. The largest absolute Gasteiger partial charge is 0.481 e. The van der Waals surface area contributed by atoms with Crippen LogP contribution in [0.25, 0.3) is 11.0 Å². The Morgan fingerprint density at radius 2 is 2.29 bits per heavy atom. The van der Waals surface area contributed by atoms with E-state index >= 15 is 0 Å². The lowest BCUT2D eigenvalue weighted by Crippen LogP contribution is -2.06. The fraction of sp³-hybridized carbons (Fsp3) is 0.385. The van der Waals surface area contributed by atoms with E-state index < -0.39 is 16.8 Å². The first kappa shape index (κ1) is 16.3. The fourth-order valence-corrected chi connectivity index (χ4v) is 3.42. The van der Waals surface area contributed by atoms with E-state index in [0.717, 1.165) is 17.5 Å². The van der Waals surface area contributed by atoms with E-state index in [4.69, 9.17) is 16.7 Å². The number of hydrogen-bond acceptors (Lipinski definition) is 4. The number of carbonyl (C=O) groups is 1. The van der Waals surface area contributed by atoms with Crippen LogP contribution in [0.3, 0.4) is 0 Å². The Morgan fingerprint density at radius 3 is 2.95 bits per heavy atom. The van der Waals surface area contributed by atoms with Gasteiger partial charge in [-0.2, -0.15) is 0 Å². The van der Waals surface area contributed by atoms with Gasteiger partial charge in [0.25, 0.3) is 0 Å². The molecule has 2 rings (SSSR count). The molecule has 0 saturated carbocycles. The van der Waals surface area contributed by atoms with Crippen molar-refractivity contribution < 1.29 is 14.1 Å². The lowest BCUT2D eigenvalue weighted by atomic mass is 10.3. The molecule has 5 nitrogen and oxygen atoms in total. The number of aryl methyl sites for hydroxylation is 1. The third-order valence-corrected chi connectivity index (χ3v) is 4.87. The number of halogens is 1. The SMILES string of the molecule is CS(=O)CCCn1c(SCC(=O)O)nc2cc(Cl)ccc21. The van der Waals surface area contributed by atoms with Gasteiger partial charge < -0.3 is 9.67 Å². The average molecular weight is 347 g/mol. The maximum Gasteiger partial charge on any atom is 0.313 e. The molecule has 1 unspecified atom stereocenters. The van der Waals surface area contributed by atoms with Gasteiger partial charge in [0.05, 0.1) is 16.8 Å². The molecular weight excluding hydrogens is 332 g/mol. The standard InChI is InChI=1S/C13H15ClN2O3S2/c1-21(19)6-2-5-16-11-4-3-9(14)7-10(11)15-13(16)20-8-12(17)18/h3-4,7H,2,5-6,8H2,1H3,(H,17,18). The Bertz CT molecular complexity index is 687. The third kappa shape index (κ3) is 4.46. The van der Waals surface area contributed by atoms with Crippen molar-refractivity contribution in [1.82, 2.24) is 9.55 Å². The molecule has 0 saturated heterocycles. The molecule has 0 amide bonds. The first-order valence-corrected chi connectivity index (χ1v) is 9.37. The number of aromatic nitrogens is 2. The second kappa shape index (κ2) is 7.29. The van der Waals surface area contributed by atoms with E-state index in [-0.39, 0.29) is 5.75 Å². The molecular formula is C13H15ClN2O3S2. The van der Waals surface area contributed by atoms with Gasteiger partial charge in [0.1, 0.15) is 0 Å². The number of carboxylic acids is 1. The average Bonchev–Trinajstić information content (AvgIpc) is 2.73. The molecule has 1 atom stereocenters. The van der Waals surface area contributed by atoms with Gasteiger partial charge in [-0.15, -0.1) is 0 Å². The van der Waals surface area contributed by atoms with Crippen LogP contribution in [0.15, 0.2) is 23.4 Å². The van der Waals surface area contributed by atoms with Gasteiger partial charge in [0.2, 0.25) is 0 Å². The number of imidazole rings is 1. The first-order valence-electron chi connectivity index (χ1n) is 6.28. The van der Waals surface area contributed by atoms with Crippen molar-refractivity contribution in [2.24, 2.45) is 0 Å². The highest BCUT2D eigenvalue weighted by Gasteiger charge is 2.13. The molecule has 1 aromatic carbocycles. The maximum atomic E-state index is 11.2. The molecule has 114 valence electrons. The zero-order chi connectivity index (χ0) is 15.4. The van der Waals surface area contributed by atoms with Crippen LogP contribution in [-0.4, -0.2) is 42.6 Å². The van der Waals surface area contributed by atoms with Gasteiger partial charge in [-0.3, -0.25) is 9.00 Å². The molecule has 0 aliphatic rings. The van der Waals surface area contributed by atoms with Crippen LogP contribution in [0, 0.1) is 0 Å². The predicted octanol–water partition coefficient (Wildman–Crippen LogP) is 2.64. The molecule has 0 aliphatic heterocycles. The van der Waals surface area contributed by atoms with E-state index in [2.05, 4.69) is 4.98 Å². The summed E-state index contributed by atoms with van der Waals surface area (Å²) >= 11 is 7.14. The zero-order valence-corrected chi connectivity index (χ0v) is 13.8. The lowest BCUT2D eigenvalue weighted by Gasteiger charge is -2.07. The molecule has 0 aliphatic carbocycles. The quantitative estimate of drug-likeness (QED) is 0.780. The molecule has 21 heavy (non-hydrogen) atoms. The number of nitrogens with zero attached hydrogens (tertiary/aromatic N) is 2. The molecule has 1 N–H and O–H groups in total. The van der Waals surface area contributed by atoms with Crippen LogP contribution >= 0.6 is 23.4 Å². The van der Waals surface area contributed by atoms with Crippen LogP contribution in [0.4, 0.5) is 0 Å². The van der Waals surface area contributed by atoms with Crippen LogP contribution in [0.5, 0.6) is 0 Å². The number of rotatable bonds is 7. The minimum atomic E-state index is -0.883. The van der Waals surface area contributed by atoms with Crippen LogP contribution in [0.2, 0.25) is 5.02 Å². The summed E-state index contributed by atoms with van der Waals surface area (Å²) in [5.74, 6) is -0.320. The number of thioether (sulfide) groups is 1. The van der Waals surface area contributed by atoms with Gasteiger partial charge in [0.15, 0.2) is 5.16 Å². The summed E-state index contributed by atoms with van der Waals surface area (Å²) in [7, 11) is -0.838. The van der Waals surface area contributed by atoms with Crippen LogP contribution in [0.1, 0.15) is 6.42 Å². The first-order chi connectivity index (χ1) is 9.97. The molecule has 0 radical (unpaired) electrons. The summed E-state index contributed by atoms with van der Waals surface area (Å²) in [6.07, 6.45) is 2.42. The van der Waals surface area contributed by atoms with Crippen molar-refractivity contribution in [3.8, 4) is 0 Å². The topological polar surface area (TPSA) is 72.2 Å². The Kier molecular flexibility index (Phi) is 5.66. The monoisotopic (exact) mass is 346 g/mol. The van der Waals surface area contributed by atoms with Crippen molar-refractivity contribution >= 4 is 51.2 Å². The molecule has 2 aromatic rings. The number of benzene rings is 1. The van der Waals surface area contributed by atoms with Crippen molar-refractivity contribution in [3.05, 3.63) is 23.2 Å². The van der Waals surface area contributed by atoms with Gasteiger partial charge in [-0.25, -0.2) is 4.98 Å². The summed E-state index contributed by atoms with van der Waals surface area (Å²) in [4.78, 5) is 15.2. The molecule has 0 fully saturated rings. The molecule has 1 aromatic heterocycles. The minimum Gasteiger partial charge on any atom is -0.481 e. The Morgan fingerprint density at radius 1 is 1.52 bits per heavy atom. The number of aliphatic carboxylic acids is 1. The van der Waals surface area contributed by atoms with E-state index in [9.17, 15) is 9.00 Å². The third-order valence-electron chi connectivity index (χ3n) is 2.81. The maximum absolute atomic E-state index is 11.2. The van der Waals surface area contributed by atoms with E-state index in [1.807, 2.05) is 10.6 Å². The summed E-state index contributed by atoms with van der Waals surface area (Å²) in [6, 6.07) is 5.42. The van der Waals surface area contributed by atoms with Crippen LogP contribution < -0.4 is 0 Å². The smallest absolute Gasteiger partial charge is 0.313 e. The van der Waals surface area contributed by atoms with E-state index in [1.165, 1.54) is 11.8 Å². The van der Waals surface area contributed by atoms with Crippen molar-refractivity contribution in [1.29, 1.82) is 0 Å². The number of fused-ring (bicyclic) bond motifs is 1.